The highest BCUT2D eigenvalue weighted by Gasteiger charge is 2.24. The first kappa shape index (κ1) is 13.8. The van der Waals surface area contributed by atoms with Crippen LogP contribution < -0.4 is 5.73 Å². The number of hydrogen-bond acceptors (Lipinski definition) is 1. The SMILES string of the molecule is CCC(CC)(CN)Cc1ccc(Cl)c(Cl)c1. The molecule has 1 aromatic rings. The zero-order chi connectivity index (χ0) is 12.2. The van der Waals surface area contributed by atoms with Crippen molar-refractivity contribution in [3.05, 3.63) is 33.8 Å². The molecule has 0 saturated heterocycles. The molecular weight excluding hydrogens is 241 g/mol. The molecule has 0 bridgehead atoms. The Bertz CT molecular complexity index is 338. The molecule has 0 aliphatic carbocycles. The summed E-state index contributed by atoms with van der Waals surface area (Å²) in [6.07, 6.45) is 3.13. The minimum atomic E-state index is 0.192. The average Bonchev–Trinajstić information content (AvgIpc) is 2.31. The van der Waals surface area contributed by atoms with Gasteiger partial charge >= 0.3 is 0 Å². The van der Waals surface area contributed by atoms with E-state index in [1.54, 1.807) is 0 Å². The van der Waals surface area contributed by atoms with Gasteiger partial charge < -0.3 is 5.73 Å². The van der Waals surface area contributed by atoms with Gasteiger partial charge in [-0.1, -0.05) is 43.1 Å². The zero-order valence-electron chi connectivity index (χ0n) is 9.89. The van der Waals surface area contributed by atoms with E-state index in [0.29, 0.717) is 16.6 Å². The van der Waals surface area contributed by atoms with Gasteiger partial charge in [0.25, 0.3) is 0 Å². The van der Waals surface area contributed by atoms with Crippen molar-refractivity contribution in [2.75, 3.05) is 6.54 Å². The van der Waals surface area contributed by atoms with E-state index in [1.165, 1.54) is 5.56 Å². The summed E-state index contributed by atoms with van der Waals surface area (Å²) < 4.78 is 0. The third-order valence-electron chi connectivity index (χ3n) is 3.50. The van der Waals surface area contributed by atoms with Gasteiger partial charge in [-0.25, -0.2) is 0 Å². The highest BCUT2D eigenvalue weighted by Crippen LogP contribution is 2.32. The number of halogens is 2. The van der Waals surface area contributed by atoms with Crippen molar-refractivity contribution in [3.8, 4) is 0 Å². The highest BCUT2D eigenvalue weighted by atomic mass is 35.5. The van der Waals surface area contributed by atoms with Gasteiger partial charge in [0.1, 0.15) is 0 Å². The Labute approximate surface area is 108 Å². The Kier molecular flexibility index (Phi) is 5.10. The van der Waals surface area contributed by atoms with Gasteiger partial charge in [0.15, 0.2) is 0 Å². The van der Waals surface area contributed by atoms with Gasteiger partial charge in [0, 0.05) is 0 Å². The number of benzene rings is 1. The van der Waals surface area contributed by atoms with Gasteiger partial charge in [-0.2, -0.15) is 0 Å². The molecule has 0 aliphatic rings. The van der Waals surface area contributed by atoms with Crippen LogP contribution in [0.25, 0.3) is 0 Å². The molecule has 0 heterocycles. The summed E-state index contributed by atoms with van der Waals surface area (Å²) in [5.74, 6) is 0. The van der Waals surface area contributed by atoms with Crippen LogP contribution in [0, 0.1) is 5.41 Å². The van der Waals surface area contributed by atoms with Crippen LogP contribution >= 0.6 is 23.2 Å². The lowest BCUT2D eigenvalue weighted by atomic mass is 9.77. The fourth-order valence-corrected chi connectivity index (χ4v) is 2.26. The van der Waals surface area contributed by atoms with Crippen LogP contribution in [0.4, 0.5) is 0 Å². The lowest BCUT2D eigenvalue weighted by Crippen LogP contribution is -2.31. The fourth-order valence-electron chi connectivity index (χ4n) is 1.94. The fraction of sp³-hybridized carbons (Fsp3) is 0.538. The summed E-state index contributed by atoms with van der Waals surface area (Å²) in [5, 5.41) is 1.23. The third-order valence-corrected chi connectivity index (χ3v) is 4.24. The maximum absolute atomic E-state index is 6.01. The Morgan fingerprint density at radius 2 is 1.75 bits per heavy atom. The van der Waals surface area contributed by atoms with E-state index in [4.69, 9.17) is 28.9 Å². The zero-order valence-corrected chi connectivity index (χ0v) is 11.4. The van der Waals surface area contributed by atoms with Crippen molar-refractivity contribution in [1.29, 1.82) is 0 Å². The number of nitrogens with two attached hydrogens (primary N) is 1. The maximum Gasteiger partial charge on any atom is 0.0595 e. The average molecular weight is 260 g/mol. The molecule has 0 atom stereocenters. The quantitative estimate of drug-likeness (QED) is 0.839. The molecule has 0 unspecified atom stereocenters. The molecule has 0 aliphatic heterocycles. The Morgan fingerprint density at radius 1 is 1.12 bits per heavy atom. The first-order chi connectivity index (χ1) is 7.56. The molecule has 0 spiro atoms. The number of hydrogen-bond donors (Lipinski definition) is 1. The first-order valence-corrected chi connectivity index (χ1v) is 6.46. The highest BCUT2D eigenvalue weighted by molar-refractivity contribution is 6.42. The lowest BCUT2D eigenvalue weighted by Gasteiger charge is -2.30. The molecule has 0 aromatic heterocycles. The lowest BCUT2D eigenvalue weighted by molar-refractivity contribution is 0.271. The molecule has 3 heteroatoms. The normalized spacial score (nSPS) is 11.8. The van der Waals surface area contributed by atoms with Gasteiger partial charge in [-0.05, 0) is 48.9 Å². The smallest absolute Gasteiger partial charge is 0.0595 e. The summed E-state index contributed by atoms with van der Waals surface area (Å²) >= 11 is 11.9. The summed E-state index contributed by atoms with van der Waals surface area (Å²) in [6.45, 7) is 5.09. The minimum absolute atomic E-state index is 0.192. The molecule has 1 rings (SSSR count). The molecule has 16 heavy (non-hydrogen) atoms. The van der Waals surface area contributed by atoms with E-state index in [0.717, 1.165) is 19.3 Å². The predicted molar refractivity (Wildman–Crippen MR) is 72.2 cm³/mol. The van der Waals surface area contributed by atoms with E-state index in [2.05, 4.69) is 13.8 Å². The Balaban J connectivity index is 2.89. The summed E-state index contributed by atoms with van der Waals surface area (Å²) in [4.78, 5) is 0. The predicted octanol–water partition coefficient (Wildman–Crippen LogP) is 4.30. The molecule has 1 aromatic carbocycles. The van der Waals surface area contributed by atoms with Crippen LogP contribution in [-0.2, 0) is 6.42 Å². The second-order valence-electron chi connectivity index (χ2n) is 4.34. The molecular formula is C13H19Cl2N. The van der Waals surface area contributed by atoms with E-state index >= 15 is 0 Å². The summed E-state index contributed by atoms with van der Waals surface area (Å²) in [5.41, 5.74) is 7.29. The van der Waals surface area contributed by atoms with Crippen molar-refractivity contribution in [2.45, 2.75) is 33.1 Å². The molecule has 0 fully saturated rings. The molecule has 0 radical (unpaired) electrons. The largest absolute Gasteiger partial charge is 0.330 e. The second-order valence-corrected chi connectivity index (χ2v) is 5.15. The Morgan fingerprint density at radius 3 is 2.19 bits per heavy atom. The second kappa shape index (κ2) is 5.90. The van der Waals surface area contributed by atoms with Crippen LogP contribution in [0.3, 0.4) is 0 Å². The van der Waals surface area contributed by atoms with Crippen LogP contribution in [0.15, 0.2) is 18.2 Å². The van der Waals surface area contributed by atoms with Crippen molar-refractivity contribution < 1.29 is 0 Å². The number of rotatable bonds is 5. The van der Waals surface area contributed by atoms with E-state index in [-0.39, 0.29) is 5.41 Å². The Hall–Kier alpha value is -0.240. The molecule has 1 nitrogen and oxygen atoms in total. The summed E-state index contributed by atoms with van der Waals surface area (Å²) in [6, 6.07) is 5.83. The van der Waals surface area contributed by atoms with E-state index < -0.39 is 0 Å². The van der Waals surface area contributed by atoms with Gasteiger partial charge in [0.05, 0.1) is 10.0 Å². The van der Waals surface area contributed by atoms with Crippen LogP contribution in [0.5, 0.6) is 0 Å². The molecule has 90 valence electrons. The molecule has 0 amide bonds. The van der Waals surface area contributed by atoms with Crippen molar-refractivity contribution >= 4 is 23.2 Å². The van der Waals surface area contributed by atoms with Crippen molar-refractivity contribution in [2.24, 2.45) is 11.1 Å². The monoisotopic (exact) mass is 259 g/mol. The van der Waals surface area contributed by atoms with Crippen LogP contribution in [0.1, 0.15) is 32.3 Å². The van der Waals surface area contributed by atoms with E-state index in [1.807, 2.05) is 18.2 Å². The summed E-state index contributed by atoms with van der Waals surface area (Å²) in [7, 11) is 0. The first-order valence-electron chi connectivity index (χ1n) is 5.71. The standard InChI is InChI=1S/C13H19Cl2N/c1-3-13(4-2,9-16)8-10-5-6-11(14)12(15)7-10/h5-7H,3-4,8-9,16H2,1-2H3. The van der Waals surface area contributed by atoms with Gasteiger partial charge in [0.2, 0.25) is 0 Å². The van der Waals surface area contributed by atoms with Crippen LogP contribution in [-0.4, -0.2) is 6.54 Å². The molecule has 2 N–H and O–H groups in total. The van der Waals surface area contributed by atoms with E-state index in [9.17, 15) is 0 Å². The third kappa shape index (κ3) is 3.13. The van der Waals surface area contributed by atoms with Crippen molar-refractivity contribution in [1.82, 2.24) is 0 Å². The van der Waals surface area contributed by atoms with Gasteiger partial charge in [-0.3, -0.25) is 0 Å². The topological polar surface area (TPSA) is 26.0 Å². The van der Waals surface area contributed by atoms with Crippen molar-refractivity contribution in [3.63, 3.8) is 0 Å². The van der Waals surface area contributed by atoms with Crippen LogP contribution in [0.2, 0.25) is 10.0 Å². The minimum Gasteiger partial charge on any atom is -0.330 e. The maximum atomic E-state index is 6.01. The van der Waals surface area contributed by atoms with Gasteiger partial charge in [-0.15, -0.1) is 0 Å². The molecule has 0 saturated carbocycles.